The first kappa shape index (κ1) is 5.34. The summed E-state index contributed by atoms with van der Waals surface area (Å²) in [6.07, 6.45) is 3.05. The maximum Gasteiger partial charge on any atom is 0.299 e. The van der Waals surface area contributed by atoms with Crippen LogP contribution in [0.4, 0.5) is 0 Å². The Kier molecular flexibility index (Phi) is 0.943. The van der Waals surface area contributed by atoms with E-state index < -0.39 is 0 Å². The van der Waals surface area contributed by atoms with Crippen LogP contribution in [0, 0.1) is 0 Å². The molecule has 1 amide bonds. The fourth-order valence-corrected chi connectivity index (χ4v) is 0.847. The van der Waals surface area contributed by atoms with Crippen LogP contribution in [0.5, 0.6) is 0 Å². The highest BCUT2D eigenvalue weighted by atomic mass is 16.5. The molecule has 0 saturated carbocycles. The first-order valence-corrected chi connectivity index (χ1v) is 2.84. The molecule has 0 aromatic heterocycles. The fraction of sp³-hybridized carbons (Fsp3) is 0.167. The van der Waals surface area contributed by atoms with Crippen molar-refractivity contribution in [1.82, 2.24) is 0 Å². The van der Waals surface area contributed by atoms with E-state index in [4.69, 9.17) is 4.74 Å². The number of rotatable bonds is 0. The second-order valence-electron chi connectivity index (χ2n) is 1.89. The summed E-state index contributed by atoms with van der Waals surface area (Å²) in [5, 5.41) is 0. The molecule has 4 heteroatoms. The minimum Gasteiger partial charge on any atom is -0.469 e. The highest BCUT2D eigenvalue weighted by Crippen LogP contribution is 2.12. The predicted molar refractivity (Wildman–Crippen MR) is 35.0 cm³/mol. The molecule has 0 N–H and O–H groups in total. The van der Waals surface area contributed by atoms with Crippen molar-refractivity contribution in [1.29, 1.82) is 0 Å². The van der Waals surface area contributed by atoms with Crippen LogP contribution in [-0.2, 0) is 9.53 Å². The Morgan fingerprint density at radius 1 is 1.60 bits per heavy atom. The van der Waals surface area contributed by atoms with Gasteiger partial charge in [0.15, 0.2) is 18.2 Å². The zero-order chi connectivity index (χ0) is 6.97. The van der Waals surface area contributed by atoms with E-state index in [0.29, 0.717) is 11.5 Å². The smallest absolute Gasteiger partial charge is 0.299 e. The van der Waals surface area contributed by atoms with Gasteiger partial charge in [-0.3, -0.25) is 4.79 Å². The molecule has 0 fully saturated rings. The van der Waals surface area contributed by atoms with Gasteiger partial charge in [0.25, 0.3) is 5.91 Å². The van der Waals surface area contributed by atoms with Gasteiger partial charge in [-0.05, 0) is 0 Å². The third kappa shape index (κ3) is 0.586. The Morgan fingerprint density at radius 3 is 3.30 bits per heavy atom. The summed E-state index contributed by atoms with van der Waals surface area (Å²) in [5.41, 5.74) is 0.350. The molecule has 2 rings (SSSR count). The van der Waals surface area contributed by atoms with Crippen LogP contribution in [0.25, 0.3) is 0 Å². The van der Waals surface area contributed by atoms with E-state index in [1.54, 1.807) is 6.08 Å². The molecule has 10 heavy (non-hydrogen) atoms. The quantitative estimate of drug-likeness (QED) is 0.467. The van der Waals surface area contributed by atoms with Crippen LogP contribution >= 0.6 is 0 Å². The number of aliphatic imine (C=N–C) groups is 2. The van der Waals surface area contributed by atoms with Crippen LogP contribution in [0.3, 0.4) is 0 Å². The zero-order valence-corrected chi connectivity index (χ0v) is 5.07. The Hall–Kier alpha value is -1.45. The number of allylic oxidation sites excluding steroid dienone is 1. The number of hydrogen-bond acceptors (Lipinski definition) is 3. The van der Waals surface area contributed by atoms with Gasteiger partial charge in [-0.2, -0.15) is 0 Å². The van der Waals surface area contributed by atoms with Crippen molar-refractivity contribution >= 4 is 17.8 Å². The topological polar surface area (TPSA) is 51.0 Å². The van der Waals surface area contributed by atoms with Gasteiger partial charge in [0.1, 0.15) is 0 Å². The molecule has 0 bridgehead atoms. The lowest BCUT2D eigenvalue weighted by molar-refractivity contribution is -0.111. The van der Waals surface area contributed by atoms with Crippen molar-refractivity contribution in [3.63, 3.8) is 0 Å². The molecule has 2 aliphatic heterocycles. The van der Waals surface area contributed by atoms with Crippen LogP contribution in [0.2, 0.25) is 0 Å². The minimum absolute atomic E-state index is 0.246. The van der Waals surface area contributed by atoms with E-state index in [1.807, 2.05) is 0 Å². The largest absolute Gasteiger partial charge is 0.469 e. The van der Waals surface area contributed by atoms with E-state index in [-0.39, 0.29) is 12.6 Å². The van der Waals surface area contributed by atoms with Gasteiger partial charge in [0.2, 0.25) is 0 Å². The Balaban J connectivity index is 2.48. The molecule has 2 heterocycles. The summed E-state index contributed by atoms with van der Waals surface area (Å²) in [4.78, 5) is 18.1. The second-order valence-corrected chi connectivity index (χ2v) is 1.89. The number of hydrogen-bond donors (Lipinski definition) is 0. The van der Waals surface area contributed by atoms with Crippen molar-refractivity contribution in [2.24, 2.45) is 9.98 Å². The predicted octanol–water partition coefficient (Wildman–Crippen LogP) is -0.0900. The summed E-state index contributed by atoms with van der Waals surface area (Å²) >= 11 is 0. The molecule has 0 spiro atoms. The van der Waals surface area contributed by atoms with Crippen molar-refractivity contribution in [3.8, 4) is 0 Å². The van der Waals surface area contributed by atoms with Crippen molar-refractivity contribution in [3.05, 3.63) is 11.8 Å². The molecule has 0 unspecified atom stereocenters. The van der Waals surface area contributed by atoms with Gasteiger partial charge in [-0.15, -0.1) is 0 Å². The average Bonchev–Trinajstić information content (AvgIpc) is 2.36. The number of dihydropyridines is 1. The number of fused-ring (bicyclic) bond motifs is 1. The van der Waals surface area contributed by atoms with Crippen molar-refractivity contribution in [2.75, 3.05) is 6.73 Å². The van der Waals surface area contributed by atoms with Gasteiger partial charge < -0.3 is 4.74 Å². The molecule has 0 atom stereocenters. The van der Waals surface area contributed by atoms with Crippen LogP contribution < -0.4 is 0 Å². The van der Waals surface area contributed by atoms with Crippen LogP contribution in [0.1, 0.15) is 0 Å². The first-order chi connectivity index (χ1) is 4.88. The van der Waals surface area contributed by atoms with Crippen molar-refractivity contribution < 1.29 is 9.53 Å². The maximum absolute atomic E-state index is 10.8. The number of ether oxygens (including phenoxy) is 1. The zero-order valence-electron chi connectivity index (χ0n) is 5.07. The van der Waals surface area contributed by atoms with Crippen molar-refractivity contribution in [2.45, 2.75) is 0 Å². The van der Waals surface area contributed by atoms with E-state index in [2.05, 4.69) is 9.98 Å². The fourth-order valence-electron chi connectivity index (χ4n) is 0.847. The standard InChI is InChI=1S/C6H4N2O2/c9-6-5-4(1-2-7-6)10-3-8-5/h1-2H,3H2. The van der Waals surface area contributed by atoms with Crippen LogP contribution in [0.15, 0.2) is 21.8 Å². The highest BCUT2D eigenvalue weighted by molar-refractivity contribution is 6.48. The summed E-state index contributed by atoms with van der Waals surface area (Å²) in [6, 6.07) is 0. The van der Waals surface area contributed by atoms with Gasteiger partial charge in [0, 0.05) is 12.3 Å². The monoisotopic (exact) mass is 136 g/mol. The van der Waals surface area contributed by atoms with Crippen LogP contribution in [-0.4, -0.2) is 24.6 Å². The molecule has 2 aliphatic rings. The Labute approximate surface area is 56.9 Å². The van der Waals surface area contributed by atoms with E-state index in [1.165, 1.54) is 6.21 Å². The third-order valence-corrected chi connectivity index (χ3v) is 1.30. The first-order valence-electron chi connectivity index (χ1n) is 2.84. The third-order valence-electron chi connectivity index (χ3n) is 1.30. The van der Waals surface area contributed by atoms with Gasteiger partial charge in [-0.25, -0.2) is 9.98 Å². The summed E-state index contributed by atoms with van der Waals surface area (Å²) in [5.74, 6) is 0.231. The number of carbonyl (C=O) groups excluding carboxylic acids is 1. The summed E-state index contributed by atoms with van der Waals surface area (Å²) in [6.45, 7) is 0.246. The summed E-state index contributed by atoms with van der Waals surface area (Å²) in [7, 11) is 0. The lowest BCUT2D eigenvalue weighted by Gasteiger charge is -2.00. The molecule has 50 valence electrons. The molecule has 4 nitrogen and oxygen atoms in total. The minimum atomic E-state index is -0.310. The lowest BCUT2D eigenvalue weighted by atomic mass is 10.2. The van der Waals surface area contributed by atoms with E-state index >= 15 is 0 Å². The number of amides is 1. The average molecular weight is 136 g/mol. The summed E-state index contributed by atoms with van der Waals surface area (Å²) < 4.78 is 4.97. The SMILES string of the molecule is O=C1N=CC=C2OCN=C12. The Bertz CT molecular complexity index is 275. The molecule has 0 aliphatic carbocycles. The van der Waals surface area contributed by atoms with Gasteiger partial charge in [0.05, 0.1) is 0 Å². The maximum atomic E-state index is 10.8. The molecular formula is C6H4N2O2. The highest BCUT2D eigenvalue weighted by Gasteiger charge is 2.23. The van der Waals surface area contributed by atoms with Gasteiger partial charge in [-0.1, -0.05) is 0 Å². The molecular weight excluding hydrogens is 132 g/mol. The molecule has 0 saturated heterocycles. The molecule has 0 radical (unpaired) electrons. The number of nitrogens with zero attached hydrogens (tertiary/aromatic N) is 2. The normalized spacial score (nSPS) is 21.4. The lowest BCUT2D eigenvalue weighted by Crippen LogP contribution is -2.14. The van der Waals surface area contributed by atoms with E-state index in [0.717, 1.165) is 0 Å². The molecule has 0 aromatic rings. The number of carbonyl (C=O) groups is 1. The second kappa shape index (κ2) is 1.76. The molecule has 0 aromatic carbocycles. The van der Waals surface area contributed by atoms with Gasteiger partial charge >= 0.3 is 0 Å². The van der Waals surface area contributed by atoms with E-state index in [9.17, 15) is 4.79 Å². The Morgan fingerprint density at radius 2 is 2.50 bits per heavy atom.